The largest absolute Gasteiger partial charge is 0.268 e. The molecular weight excluding hydrogens is 216 g/mol. The first-order valence-electron chi connectivity index (χ1n) is 4.29. The molecule has 1 rings (SSSR count). The van der Waals surface area contributed by atoms with Crippen molar-refractivity contribution in [2.45, 2.75) is 33.7 Å². The number of halogens is 1. The molecule has 1 aromatic heterocycles. The summed E-state index contributed by atoms with van der Waals surface area (Å²) in [6.07, 6.45) is 1.08. The fourth-order valence-corrected chi connectivity index (χ4v) is 1.88. The maximum absolute atomic E-state index is 4.46. The summed E-state index contributed by atoms with van der Waals surface area (Å²) < 4.78 is 2.07. The zero-order chi connectivity index (χ0) is 9.14. The molecule has 1 aromatic rings. The summed E-state index contributed by atoms with van der Waals surface area (Å²) in [6, 6.07) is 0. The van der Waals surface area contributed by atoms with Crippen molar-refractivity contribution in [2.75, 3.05) is 5.33 Å². The van der Waals surface area contributed by atoms with Gasteiger partial charge in [0, 0.05) is 11.0 Å². The van der Waals surface area contributed by atoms with Gasteiger partial charge in [0.05, 0.1) is 12.2 Å². The Kier molecular flexibility index (Phi) is 3.32. The SMILES string of the molecule is CCc1c(C)nn(CCBr)c1C. The van der Waals surface area contributed by atoms with E-state index in [0.29, 0.717) is 0 Å². The first-order valence-corrected chi connectivity index (χ1v) is 5.41. The van der Waals surface area contributed by atoms with E-state index in [1.807, 2.05) is 0 Å². The van der Waals surface area contributed by atoms with Crippen molar-refractivity contribution in [2.24, 2.45) is 0 Å². The lowest BCUT2D eigenvalue weighted by Gasteiger charge is -2.00. The molecule has 0 N–H and O–H groups in total. The van der Waals surface area contributed by atoms with E-state index in [4.69, 9.17) is 0 Å². The van der Waals surface area contributed by atoms with E-state index in [0.717, 1.165) is 18.3 Å². The number of hydrogen-bond acceptors (Lipinski definition) is 1. The summed E-state index contributed by atoms with van der Waals surface area (Å²) in [5.41, 5.74) is 3.89. The van der Waals surface area contributed by atoms with Gasteiger partial charge < -0.3 is 0 Å². The van der Waals surface area contributed by atoms with Gasteiger partial charge in [-0.2, -0.15) is 5.10 Å². The summed E-state index contributed by atoms with van der Waals surface area (Å²) in [5.74, 6) is 0. The van der Waals surface area contributed by atoms with Crippen LogP contribution in [0.5, 0.6) is 0 Å². The number of aromatic nitrogens is 2. The first kappa shape index (κ1) is 9.78. The zero-order valence-corrected chi connectivity index (χ0v) is 9.48. The van der Waals surface area contributed by atoms with Crippen LogP contribution in [0.2, 0.25) is 0 Å². The maximum Gasteiger partial charge on any atom is 0.0628 e. The predicted octanol–water partition coefficient (Wildman–Crippen LogP) is 2.46. The Labute approximate surface area is 82.1 Å². The lowest BCUT2D eigenvalue weighted by atomic mass is 10.1. The molecule has 0 amide bonds. The van der Waals surface area contributed by atoms with Crippen molar-refractivity contribution < 1.29 is 0 Å². The van der Waals surface area contributed by atoms with Gasteiger partial charge in [-0.15, -0.1) is 0 Å². The third kappa shape index (κ3) is 1.71. The van der Waals surface area contributed by atoms with Gasteiger partial charge in [0.1, 0.15) is 0 Å². The molecular formula is C9H15BrN2. The lowest BCUT2D eigenvalue weighted by molar-refractivity contribution is 0.642. The minimum atomic E-state index is 0.965. The van der Waals surface area contributed by atoms with Crippen LogP contribution in [0.25, 0.3) is 0 Å². The highest BCUT2D eigenvalue weighted by Gasteiger charge is 2.07. The highest BCUT2D eigenvalue weighted by Crippen LogP contribution is 2.13. The Bertz CT molecular complexity index is 266. The van der Waals surface area contributed by atoms with Gasteiger partial charge in [0.25, 0.3) is 0 Å². The Morgan fingerprint density at radius 1 is 1.42 bits per heavy atom. The lowest BCUT2D eigenvalue weighted by Crippen LogP contribution is -2.03. The van der Waals surface area contributed by atoms with Gasteiger partial charge in [-0.25, -0.2) is 0 Å². The molecule has 3 heteroatoms. The van der Waals surface area contributed by atoms with E-state index in [-0.39, 0.29) is 0 Å². The quantitative estimate of drug-likeness (QED) is 0.730. The van der Waals surface area contributed by atoms with Crippen molar-refractivity contribution in [1.29, 1.82) is 0 Å². The van der Waals surface area contributed by atoms with E-state index >= 15 is 0 Å². The molecule has 0 spiro atoms. The highest BCUT2D eigenvalue weighted by molar-refractivity contribution is 9.09. The Morgan fingerprint density at radius 3 is 2.50 bits per heavy atom. The summed E-state index contributed by atoms with van der Waals surface area (Å²) in [6.45, 7) is 7.36. The smallest absolute Gasteiger partial charge is 0.0628 e. The highest BCUT2D eigenvalue weighted by atomic mass is 79.9. The second kappa shape index (κ2) is 4.08. The molecule has 68 valence electrons. The number of hydrogen-bond donors (Lipinski definition) is 0. The minimum Gasteiger partial charge on any atom is -0.268 e. The molecule has 0 atom stereocenters. The van der Waals surface area contributed by atoms with E-state index in [1.54, 1.807) is 0 Å². The van der Waals surface area contributed by atoms with Crippen LogP contribution in [0.4, 0.5) is 0 Å². The van der Waals surface area contributed by atoms with E-state index < -0.39 is 0 Å². The Hall–Kier alpha value is -0.310. The van der Waals surface area contributed by atoms with E-state index in [9.17, 15) is 0 Å². The van der Waals surface area contributed by atoms with Crippen molar-refractivity contribution in [1.82, 2.24) is 9.78 Å². The fraction of sp³-hybridized carbons (Fsp3) is 0.667. The molecule has 0 bridgehead atoms. The zero-order valence-electron chi connectivity index (χ0n) is 7.89. The van der Waals surface area contributed by atoms with Crippen LogP contribution >= 0.6 is 15.9 Å². The summed E-state index contributed by atoms with van der Waals surface area (Å²) in [5, 5.41) is 5.43. The van der Waals surface area contributed by atoms with Gasteiger partial charge in [-0.3, -0.25) is 4.68 Å². The molecule has 1 heterocycles. The number of alkyl halides is 1. The summed E-state index contributed by atoms with van der Waals surface area (Å²) in [4.78, 5) is 0. The Balaban J connectivity index is 3.00. The first-order chi connectivity index (χ1) is 5.70. The normalized spacial score (nSPS) is 10.7. The van der Waals surface area contributed by atoms with Crippen LogP contribution in [-0.2, 0) is 13.0 Å². The summed E-state index contributed by atoms with van der Waals surface area (Å²) in [7, 11) is 0. The molecule has 0 radical (unpaired) electrons. The van der Waals surface area contributed by atoms with Crippen molar-refractivity contribution >= 4 is 15.9 Å². The van der Waals surface area contributed by atoms with Crippen LogP contribution in [0, 0.1) is 13.8 Å². The average Bonchev–Trinajstić information content (AvgIpc) is 2.29. The van der Waals surface area contributed by atoms with E-state index in [1.165, 1.54) is 17.0 Å². The molecule has 0 saturated carbocycles. The minimum absolute atomic E-state index is 0.965. The van der Waals surface area contributed by atoms with Crippen molar-refractivity contribution in [3.05, 3.63) is 17.0 Å². The third-order valence-electron chi connectivity index (χ3n) is 2.18. The van der Waals surface area contributed by atoms with Gasteiger partial charge in [0.15, 0.2) is 0 Å². The molecule has 12 heavy (non-hydrogen) atoms. The molecule has 0 aliphatic rings. The molecule has 0 aliphatic carbocycles. The van der Waals surface area contributed by atoms with Crippen LogP contribution in [0.1, 0.15) is 23.9 Å². The average molecular weight is 231 g/mol. The standard InChI is InChI=1S/C9H15BrN2/c1-4-9-7(2)11-12(6-5-10)8(9)3/h4-6H2,1-3H3. The van der Waals surface area contributed by atoms with Crippen LogP contribution in [-0.4, -0.2) is 15.1 Å². The van der Waals surface area contributed by atoms with Gasteiger partial charge in [-0.1, -0.05) is 22.9 Å². The van der Waals surface area contributed by atoms with Crippen molar-refractivity contribution in [3.8, 4) is 0 Å². The molecule has 2 nitrogen and oxygen atoms in total. The molecule has 0 unspecified atom stereocenters. The molecule has 0 fully saturated rings. The number of rotatable bonds is 3. The molecule has 0 aliphatic heterocycles. The maximum atomic E-state index is 4.46. The Morgan fingerprint density at radius 2 is 2.08 bits per heavy atom. The monoisotopic (exact) mass is 230 g/mol. The van der Waals surface area contributed by atoms with Crippen LogP contribution in [0.15, 0.2) is 0 Å². The van der Waals surface area contributed by atoms with Gasteiger partial charge in [-0.05, 0) is 25.8 Å². The fourth-order valence-electron chi connectivity index (χ4n) is 1.54. The van der Waals surface area contributed by atoms with Gasteiger partial charge in [0.2, 0.25) is 0 Å². The topological polar surface area (TPSA) is 17.8 Å². The molecule has 0 aromatic carbocycles. The van der Waals surface area contributed by atoms with Crippen molar-refractivity contribution in [3.63, 3.8) is 0 Å². The van der Waals surface area contributed by atoms with Crippen LogP contribution < -0.4 is 0 Å². The van der Waals surface area contributed by atoms with E-state index in [2.05, 4.69) is 46.5 Å². The predicted molar refractivity (Wildman–Crippen MR) is 54.9 cm³/mol. The number of nitrogens with zero attached hydrogens (tertiary/aromatic N) is 2. The summed E-state index contributed by atoms with van der Waals surface area (Å²) >= 11 is 3.42. The van der Waals surface area contributed by atoms with Gasteiger partial charge >= 0.3 is 0 Å². The number of aryl methyl sites for hydroxylation is 2. The second-order valence-corrected chi connectivity index (χ2v) is 3.71. The van der Waals surface area contributed by atoms with Crippen LogP contribution in [0.3, 0.4) is 0 Å². The second-order valence-electron chi connectivity index (χ2n) is 2.92. The third-order valence-corrected chi connectivity index (χ3v) is 2.54. The molecule has 0 saturated heterocycles.